The van der Waals surface area contributed by atoms with Crippen LogP contribution >= 0.6 is 11.8 Å². The van der Waals surface area contributed by atoms with Gasteiger partial charge in [0.05, 0.1) is 0 Å². The molecule has 0 fully saturated rings. The number of thioether (sulfide) groups is 1. The SMILES string of the molecule is CSCCCNC(=O)N(CC(=O)O)CC(=O)O. The zero-order valence-electron chi connectivity index (χ0n) is 9.51. The molecule has 0 unspecified atom stereocenters. The summed E-state index contributed by atoms with van der Waals surface area (Å²) in [6, 6.07) is -0.670. The average Bonchev–Trinajstić information content (AvgIpc) is 2.22. The fourth-order valence-electron chi connectivity index (χ4n) is 1.05. The number of carbonyl (C=O) groups is 3. The van der Waals surface area contributed by atoms with Crippen LogP contribution in [-0.2, 0) is 9.59 Å². The standard InChI is InChI=1S/C9H16N2O5S/c1-17-4-2-3-10-9(16)11(5-7(12)13)6-8(14)15/h2-6H2,1H3,(H,10,16)(H,12,13)(H,14,15). The number of hydrogen-bond acceptors (Lipinski definition) is 4. The van der Waals surface area contributed by atoms with E-state index in [-0.39, 0.29) is 0 Å². The Morgan fingerprint density at radius 2 is 1.71 bits per heavy atom. The molecule has 0 atom stereocenters. The van der Waals surface area contributed by atoms with E-state index in [4.69, 9.17) is 10.2 Å². The molecule has 2 amide bonds. The van der Waals surface area contributed by atoms with Crippen molar-refractivity contribution in [3.05, 3.63) is 0 Å². The summed E-state index contributed by atoms with van der Waals surface area (Å²) in [4.78, 5) is 33.1. The Balaban J connectivity index is 4.12. The lowest BCUT2D eigenvalue weighted by Gasteiger charge is -2.18. The molecule has 0 radical (unpaired) electrons. The van der Waals surface area contributed by atoms with Crippen molar-refractivity contribution in [2.24, 2.45) is 0 Å². The number of urea groups is 1. The van der Waals surface area contributed by atoms with Gasteiger partial charge in [0.1, 0.15) is 13.1 Å². The second-order valence-electron chi connectivity index (χ2n) is 3.22. The second-order valence-corrected chi connectivity index (χ2v) is 4.21. The third kappa shape index (κ3) is 8.38. The van der Waals surface area contributed by atoms with Crippen molar-refractivity contribution >= 4 is 29.7 Å². The van der Waals surface area contributed by atoms with Gasteiger partial charge in [0.15, 0.2) is 0 Å². The van der Waals surface area contributed by atoms with Gasteiger partial charge in [0.2, 0.25) is 0 Å². The molecule has 0 spiro atoms. The van der Waals surface area contributed by atoms with Gasteiger partial charge >= 0.3 is 18.0 Å². The fraction of sp³-hybridized carbons (Fsp3) is 0.667. The molecular weight excluding hydrogens is 248 g/mol. The molecule has 17 heavy (non-hydrogen) atoms. The Bertz CT molecular complexity index is 269. The summed E-state index contributed by atoms with van der Waals surface area (Å²) >= 11 is 1.63. The molecule has 8 heteroatoms. The Morgan fingerprint density at radius 3 is 2.12 bits per heavy atom. The van der Waals surface area contributed by atoms with Crippen LogP contribution in [0, 0.1) is 0 Å². The van der Waals surface area contributed by atoms with Crippen LogP contribution in [-0.4, -0.2) is 64.7 Å². The van der Waals surface area contributed by atoms with E-state index >= 15 is 0 Å². The lowest BCUT2D eigenvalue weighted by atomic mass is 10.4. The number of carbonyl (C=O) groups excluding carboxylic acids is 1. The van der Waals surface area contributed by atoms with E-state index in [2.05, 4.69) is 5.32 Å². The zero-order valence-corrected chi connectivity index (χ0v) is 10.3. The van der Waals surface area contributed by atoms with E-state index in [0.29, 0.717) is 6.54 Å². The zero-order chi connectivity index (χ0) is 13.3. The predicted octanol–water partition coefficient (Wildman–Crippen LogP) is -0.0797. The Labute approximate surface area is 103 Å². The fourth-order valence-corrected chi connectivity index (χ4v) is 1.48. The minimum atomic E-state index is -1.24. The minimum Gasteiger partial charge on any atom is -0.480 e. The van der Waals surface area contributed by atoms with Crippen LogP contribution in [0.1, 0.15) is 6.42 Å². The van der Waals surface area contributed by atoms with Crippen LogP contribution < -0.4 is 5.32 Å². The summed E-state index contributed by atoms with van der Waals surface area (Å²) in [7, 11) is 0. The second kappa shape index (κ2) is 8.68. The third-order valence-corrected chi connectivity index (χ3v) is 2.44. The summed E-state index contributed by atoms with van der Waals surface area (Å²) in [6.07, 6.45) is 2.68. The van der Waals surface area contributed by atoms with E-state index in [1.54, 1.807) is 11.8 Å². The van der Waals surface area contributed by atoms with Gasteiger partial charge in [-0.25, -0.2) is 4.79 Å². The molecule has 0 aromatic rings. The van der Waals surface area contributed by atoms with Crippen molar-refractivity contribution in [3.63, 3.8) is 0 Å². The highest BCUT2D eigenvalue weighted by molar-refractivity contribution is 7.98. The first kappa shape index (κ1) is 15.6. The number of amides is 2. The van der Waals surface area contributed by atoms with Crippen LogP contribution in [0.4, 0.5) is 4.79 Å². The van der Waals surface area contributed by atoms with Gasteiger partial charge in [0.25, 0.3) is 0 Å². The van der Waals surface area contributed by atoms with Gasteiger partial charge < -0.3 is 20.4 Å². The Hall–Kier alpha value is -1.44. The molecule has 0 aliphatic carbocycles. The number of aliphatic carboxylic acids is 2. The quantitative estimate of drug-likeness (QED) is 0.529. The van der Waals surface area contributed by atoms with Gasteiger partial charge in [-0.1, -0.05) is 0 Å². The van der Waals surface area contributed by atoms with Crippen molar-refractivity contribution in [1.29, 1.82) is 0 Å². The molecule has 98 valence electrons. The molecule has 7 nitrogen and oxygen atoms in total. The van der Waals surface area contributed by atoms with Crippen LogP contribution in [0.2, 0.25) is 0 Å². The minimum absolute atomic E-state index is 0.398. The van der Waals surface area contributed by atoms with Crippen molar-refractivity contribution in [3.8, 4) is 0 Å². The molecule has 0 aliphatic rings. The molecule has 0 saturated heterocycles. The topological polar surface area (TPSA) is 107 Å². The summed E-state index contributed by atoms with van der Waals surface area (Å²) in [5.74, 6) is -1.62. The monoisotopic (exact) mass is 264 g/mol. The number of rotatable bonds is 8. The molecule has 0 bridgehead atoms. The summed E-state index contributed by atoms with van der Waals surface area (Å²) in [5.41, 5.74) is 0. The number of carboxylic acids is 2. The van der Waals surface area contributed by atoms with Gasteiger partial charge in [0, 0.05) is 6.54 Å². The maximum atomic E-state index is 11.5. The Morgan fingerprint density at radius 1 is 1.18 bits per heavy atom. The maximum Gasteiger partial charge on any atom is 0.323 e. The van der Waals surface area contributed by atoms with E-state index in [1.165, 1.54) is 0 Å². The summed E-state index contributed by atoms with van der Waals surface area (Å²) in [5, 5.41) is 19.6. The third-order valence-electron chi connectivity index (χ3n) is 1.74. The molecule has 0 heterocycles. The normalized spacial score (nSPS) is 9.71. The Kier molecular flexibility index (Phi) is 7.95. The van der Waals surface area contributed by atoms with E-state index in [0.717, 1.165) is 17.1 Å². The maximum absolute atomic E-state index is 11.5. The molecule has 0 aliphatic heterocycles. The van der Waals surface area contributed by atoms with Crippen molar-refractivity contribution in [1.82, 2.24) is 10.2 Å². The lowest BCUT2D eigenvalue weighted by Crippen LogP contribution is -2.45. The first-order chi connectivity index (χ1) is 7.97. The lowest BCUT2D eigenvalue weighted by molar-refractivity contribution is -0.140. The molecule has 0 saturated carbocycles. The number of nitrogens with zero attached hydrogens (tertiary/aromatic N) is 1. The highest BCUT2D eigenvalue weighted by Gasteiger charge is 2.18. The van der Waals surface area contributed by atoms with Crippen LogP contribution in [0.3, 0.4) is 0 Å². The van der Waals surface area contributed by atoms with Crippen LogP contribution in [0.5, 0.6) is 0 Å². The van der Waals surface area contributed by atoms with E-state index in [9.17, 15) is 14.4 Å². The number of carboxylic acid groups (broad SMARTS) is 2. The average molecular weight is 264 g/mol. The first-order valence-electron chi connectivity index (χ1n) is 4.92. The molecule has 0 aromatic heterocycles. The summed E-state index contributed by atoms with van der Waals surface area (Å²) < 4.78 is 0. The smallest absolute Gasteiger partial charge is 0.323 e. The summed E-state index contributed by atoms with van der Waals surface area (Å²) in [6.45, 7) is -0.850. The van der Waals surface area contributed by atoms with Crippen LogP contribution in [0.15, 0.2) is 0 Å². The molecule has 0 rings (SSSR count). The van der Waals surface area contributed by atoms with Gasteiger partial charge in [-0.2, -0.15) is 11.8 Å². The molecule has 3 N–H and O–H groups in total. The van der Waals surface area contributed by atoms with Crippen LogP contribution in [0.25, 0.3) is 0 Å². The largest absolute Gasteiger partial charge is 0.480 e. The first-order valence-corrected chi connectivity index (χ1v) is 6.32. The van der Waals surface area contributed by atoms with Crippen molar-refractivity contribution < 1.29 is 24.6 Å². The number of nitrogens with one attached hydrogen (secondary N) is 1. The molecular formula is C9H16N2O5S. The van der Waals surface area contributed by atoms with Gasteiger partial charge in [-0.15, -0.1) is 0 Å². The highest BCUT2D eigenvalue weighted by atomic mass is 32.2. The van der Waals surface area contributed by atoms with Crippen molar-refractivity contribution in [2.75, 3.05) is 31.6 Å². The van der Waals surface area contributed by atoms with E-state index < -0.39 is 31.1 Å². The highest BCUT2D eigenvalue weighted by Crippen LogP contribution is 1.95. The molecule has 0 aromatic carbocycles. The van der Waals surface area contributed by atoms with Crippen molar-refractivity contribution in [2.45, 2.75) is 6.42 Å². The predicted molar refractivity (Wildman–Crippen MR) is 63.2 cm³/mol. The number of hydrogen-bond donors (Lipinski definition) is 3. The van der Waals surface area contributed by atoms with E-state index in [1.807, 2.05) is 6.26 Å². The van der Waals surface area contributed by atoms with Gasteiger partial charge in [-0.05, 0) is 18.4 Å². The van der Waals surface area contributed by atoms with Gasteiger partial charge in [-0.3, -0.25) is 9.59 Å².